The molecule has 0 aliphatic rings. The van der Waals surface area contributed by atoms with Crippen molar-refractivity contribution in [1.82, 2.24) is 10.5 Å². The van der Waals surface area contributed by atoms with Gasteiger partial charge in [0.25, 0.3) is 5.91 Å². The highest BCUT2D eigenvalue weighted by Gasteiger charge is 2.17. The van der Waals surface area contributed by atoms with E-state index in [0.29, 0.717) is 23.1 Å². The first kappa shape index (κ1) is 11.8. The molecule has 17 heavy (non-hydrogen) atoms. The van der Waals surface area contributed by atoms with E-state index in [1.54, 1.807) is 19.3 Å². The molecule has 0 aliphatic carbocycles. The van der Waals surface area contributed by atoms with Gasteiger partial charge in [0.2, 0.25) is 0 Å². The molecule has 0 aliphatic heterocycles. The van der Waals surface area contributed by atoms with Gasteiger partial charge in [0.05, 0.1) is 12.9 Å². The Morgan fingerprint density at radius 2 is 2.47 bits per heavy atom. The summed E-state index contributed by atoms with van der Waals surface area (Å²) in [5.41, 5.74) is 2.69. The van der Waals surface area contributed by atoms with E-state index in [-0.39, 0.29) is 5.91 Å². The number of nitrogens with zero attached hydrogens (tertiary/aromatic N) is 1. The highest BCUT2D eigenvalue weighted by atomic mass is 32.1. The number of carbonyl (C=O) groups excluding carboxylic acids is 1. The van der Waals surface area contributed by atoms with Crippen LogP contribution in [0.15, 0.2) is 22.8 Å². The van der Waals surface area contributed by atoms with E-state index in [0.717, 1.165) is 4.88 Å². The molecular formula is C11H12N2O3S. The van der Waals surface area contributed by atoms with E-state index in [2.05, 4.69) is 10.5 Å². The molecule has 0 saturated heterocycles. The second-order valence-electron chi connectivity index (χ2n) is 3.27. The van der Waals surface area contributed by atoms with Crippen LogP contribution in [0.25, 0.3) is 10.8 Å². The van der Waals surface area contributed by atoms with Gasteiger partial charge in [-0.25, -0.2) is 10.5 Å². The number of hydrogen-bond acceptors (Lipinski definition) is 5. The number of aryl methyl sites for hydroxylation is 1. The summed E-state index contributed by atoms with van der Waals surface area (Å²) >= 11 is 1.41. The quantitative estimate of drug-likeness (QED) is 0.848. The summed E-state index contributed by atoms with van der Waals surface area (Å²) in [6, 6.07) is 3.59. The van der Waals surface area contributed by atoms with E-state index in [1.807, 2.05) is 13.0 Å². The molecule has 5 nitrogen and oxygen atoms in total. The van der Waals surface area contributed by atoms with Gasteiger partial charge in [0, 0.05) is 4.88 Å². The van der Waals surface area contributed by atoms with E-state index in [1.165, 1.54) is 11.3 Å². The van der Waals surface area contributed by atoms with Gasteiger partial charge >= 0.3 is 0 Å². The average molecular weight is 252 g/mol. The first-order chi connectivity index (χ1) is 8.22. The zero-order chi connectivity index (χ0) is 12.3. The fraction of sp³-hybridized carbons (Fsp3) is 0.273. The van der Waals surface area contributed by atoms with E-state index >= 15 is 0 Å². The van der Waals surface area contributed by atoms with Crippen LogP contribution in [-0.4, -0.2) is 17.5 Å². The number of hydroxylamine groups is 1. The lowest BCUT2D eigenvalue weighted by Crippen LogP contribution is -2.24. The van der Waals surface area contributed by atoms with Crippen LogP contribution in [0.3, 0.4) is 0 Å². The first-order valence-corrected chi connectivity index (χ1v) is 5.97. The van der Waals surface area contributed by atoms with E-state index in [9.17, 15) is 4.79 Å². The number of hydrogen-bond donors (Lipinski definition) is 1. The molecule has 2 heterocycles. The van der Waals surface area contributed by atoms with Crippen molar-refractivity contribution in [3.05, 3.63) is 29.0 Å². The standard InChI is InChI=1S/C11H12N2O3S/c1-3-16-13-10(14)9-7(2)17-11(12-9)8-5-4-6-15-8/h4-6H,3H2,1-2H3,(H,13,14). The Labute approximate surface area is 102 Å². The molecule has 1 amide bonds. The molecule has 2 rings (SSSR count). The zero-order valence-corrected chi connectivity index (χ0v) is 10.3. The first-order valence-electron chi connectivity index (χ1n) is 5.15. The fourth-order valence-electron chi connectivity index (χ4n) is 1.30. The lowest BCUT2D eigenvalue weighted by atomic mass is 10.3. The lowest BCUT2D eigenvalue weighted by Gasteiger charge is -2.00. The van der Waals surface area contributed by atoms with Crippen molar-refractivity contribution in [1.29, 1.82) is 0 Å². The number of rotatable bonds is 4. The Bertz CT molecular complexity index is 505. The minimum atomic E-state index is -0.335. The molecule has 0 atom stereocenters. The maximum absolute atomic E-state index is 11.7. The third kappa shape index (κ3) is 2.54. The SMILES string of the molecule is CCONC(=O)c1nc(-c2ccco2)sc1C. The van der Waals surface area contributed by atoms with Crippen LogP contribution < -0.4 is 5.48 Å². The third-order valence-corrected chi connectivity index (χ3v) is 3.04. The summed E-state index contributed by atoms with van der Waals surface area (Å²) in [5, 5.41) is 0.689. The van der Waals surface area contributed by atoms with Crippen LogP contribution in [0.1, 0.15) is 22.3 Å². The van der Waals surface area contributed by atoms with Crippen molar-refractivity contribution in [3.63, 3.8) is 0 Å². The van der Waals surface area contributed by atoms with Crippen LogP contribution in [0.5, 0.6) is 0 Å². The van der Waals surface area contributed by atoms with Crippen molar-refractivity contribution < 1.29 is 14.0 Å². The molecule has 1 N–H and O–H groups in total. The molecule has 0 radical (unpaired) electrons. The van der Waals surface area contributed by atoms with Crippen LogP contribution in [0.4, 0.5) is 0 Å². The summed E-state index contributed by atoms with van der Waals surface area (Å²) in [6.07, 6.45) is 1.58. The van der Waals surface area contributed by atoms with E-state index in [4.69, 9.17) is 9.25 Å². The summed E-state index contributed by atoms with van der Waals surface area (Å²) in [5.74, 6) is 0.326. The maximum atomic E-state index is 11.7. The van der Waals surface area contributed by atoms with Crippen molar-refractivity contribution in [2.24, 2.45) is 0 Å². The van der Waals surface area contributed by atoms with Crippen molar-refractivity contribution >= 4 is 17.2 Å². The molecule has 0 aromatic carbocycles. The molecule has 2 aromatic rings. The Morgan fingerprint density at radius 3 is 3.12 bits per heavy atom. The molecule has 90 valence electrons. The highest BCUT2D eigenvalue weighted by molar-refractivity contribution is 7.15. The molecular weight excluding hydrogens is 240 g/mol. The Hall–Kier alpha value is -1.66. The predicted molar refractivity (Wildman–Crippen MR) is 63.6 cm³/mol. The Balaban J connectivity index is 2.22. The van der Waals surface area contributed by atoms with Gasteiger partial charge < -0.3 is 4.42 Å². The van der Waals surface area contributed by atoms with Gasteiger partial charge in [0.15, 0.2) is 10.8 Å². The highest BCUT2D eigenvalue weighted by Crippen LogP contribution is 2.27. The Kier molecular flexibility index (Phi) is 3.55. The summed E-state index contributed by atoms with van der Waals surface area (Å²) in [4.78, 5) is 21.6. The van der Waals surface area contributed by atoms with Crippen LogP contribution >= 0.6 is 11.3 Å². The molecule has 0 fully saturated rings. The van der Waals surface area contributed by atoms with Gasteiger partial charge in [-0.3, -0.25) is 9.63 Å². The largest absolute Gasteiger partial charge is 0.462 e. The van der Waals surface area contributed by atoms with Crippen LogP contribution in [0, 0.1) is 6.92 Å². The smallest absolute Gasteiger partial charge is 0.294 e. The monoisotopic (exact) mass is 252 g/mol. The van der Waals surface area contributed by atoms with Crippen molar-refractivity contribution in [3.8, 4) is 10.8 Å². The molecule has 0 bridgehead atoms. The van der Waals surface area contributed by atoms with Gasteiger partial charge in [-0.05, 0) is 26.0 Å². The minimum Gasteiger partial charge on any atom is -0.462 e. The van der Waals surface area contributed by atoms with Gasteiger partial charge in [-0.15, -0.1) is 11.3 Å². The Morgan fingerprint density at radius 1 is 1.65 bits per heavy atom. The molecule has 0 spiro atoms. The zero-order valence-electron chi connectivity index (χ0n) is 9.52. The normalized spacial score (nSPS) is 10.5. The maximum Gasteiger partial charge on any atom is 0.294 e. The van der Waals surface area contributed by atoms with Gasteiger partial charge in [-0.1, -0.05) is 0 Å². The fourth-order valence-corrected chi connectivity index (χ4v) is 2.18. The minimum absolute atomic E-state index is 0.335. The third-order valence-electron chi connectivity index (χ3n) is 2.05. The van der Waals surface area contributed by atoms with Gasteiger partial charge in [0.1, 0.15) is 5.69 Å². The predicted octanol–water partition coefficient (Wildman–Crippen LogP) is 2.39. The van der Waals surface area contributed by atoms with E-state index < -0.39 is 0 Å². The molecule has 2 aromatic heterocycles. The topological polar surface area (TPSA) is 64.4 Å². The summed E-state index contributed by atoms with van der Waals surface area (Å²) in [6.45, 7) is 4.05. The number of amides is 1. The number of furan rings is 1. The van der Waals surface area contributed by atoms with Crippen LogP contribution in [0.2, 0.25) is 0 Å². The second kappa shape index (κ2) is 5.11. The summed E-state index contributed by atoms with van der Waals surface area (Å²) in [7, 11) is 0. The van der Waals surface area contributed by atoms with Gasteiger partial charge in [-0.2, -0.15) is 0 Å². The van der Waals surface area contributed by atoms with Crippen LogP contribution in [-0.2, 0) is 4.84 Å². The summed E-state index contributed by atoms with van der Waals surface area (Å²) < 4.78 is 5.23. The number of aromatic nitrogens is 1. The number of nitrogens with one attached hydrogen (secondary N) is 1. The van der Waals surface area contributed by atoms with Crippen molar-refractivity contribution in [2.75, 3.05) is 6.61 Å². The number of thiazole rings is 1. The number of carbonyl (C=O) groups is 1. The second-order valence-corrected chi connectivity index (χ2v) is 4.47. The average Bonchev–Trinajstić information content (AvgIpc) is 2.94. The molecule has 6 heteroatoms. The van der Waals surface area contributed by atoms with Crippen molar-refractivity contribution in [2.45, 2.75) is 13.8 Å². The lowest BCUT2D eigenvalue weighted by molar-refractivity contribution is 0.0360. The molecule has 0 unspecified atom stereocenters. The molecule has 0 saturated carbocycles.